The molecule has 0 amide bonds. The number of rotatable bonds is 3. The zero-order valence-corrected chi connectivity index (χ0v) is 5.11. The first-order valence-electron chi connectivity index (χ1n) is 2.37. The van der Waals surface area contributed by atoms with Crippen LogP contribution < -0.4 is 0 Å². The maximum atomic E-state index is 10.1. The zero-order chi connectivity index (χ0) is 8.15. The molecule has 0 saturated carbocycles. The highest BCUT2D eigenvalue weighted by atomic mass is 16.4. The highest BCUT2D eigenvalue weighted by molar-refractivity contribution is 6.39. The average molecular weight is 142 g/mol. The summed E-state index contributed by atoms with van der Waals surface area (Å²) >= 11 is 0. The molecule has 0 aliphatic heterocycles. The predicted octanol–water partition coefficient (Wildman–Crippen LogP) is -0.710. The van der Waals surface area contributed by atoms with Crippen molar-refractivity contribution in [2.24, 2.45) is 0 Å². The van der Waals surface area contributed by atoms with Gasteiger partial charge in [0.05, 0.1) is 12.2 Å². The molecule has 0 bridgehead atoms. The number of nitrogens with zero attached hydrogens (tertiary/aromatic N) is 2. The third-order valence-corrected chi connectivity index (χ3v) is 0.828. The molecule has 0 aromatic rings. The second kappa shape index (κ2) is 3.55. The van der Waals surface area contributed by atoms with Gasteiger partial charge >= 0.3 is 11.7 Å². The average Bonchev–Trinajstić information content (AvgIpc) is 1.88. The maximum Gasteiger partial charge on any atom is 0.419 e. The van der Waals surface area contributed by atoms with Crippen molar-refractivity contribution in [2.75, 3.05) is 6.61 Å². The van der Waals surface area contributed by atoms with Gasteiger partial charge in [-0.05, 0) is 0 Å². The van der Waals surface area contributed by atoms with E-state index in [2.05, 4.69) is 11.4 Å². The van der Waals surface area contributed by atoms with Crippen molar-refractivity contribution < 1.29 is 19.8 Å². The van der Waals surface area contributed by atoms with Gasteiger partial charge in [0, 0.05) is 0 Å². The van der Waals surface area contributed by atoms with Gasteiger partial charge in [0.15, 0.2) is 0 Å². The second-order valence-corrected chi connectivity index (χ2v) is 1.52. The predicted molar refractivity (Wildman–Crippen MR) is 32.5 cm³/mol. The molecule has 0 aliphatic carbocycles. The van der Waals surface area contributed by atoms with E-state index in [0.717, 1.165) is 0 Å². The largest absolute Gasteiger partial charge is 0.472 e. The molecule has 0 spiro atoms. The Labute approximate surface area is 56.8 Å². The Morgan fingerprint density at radius 3 is 2.30 bits per heavy atom. The summed E-state index contributed by atoms with van der Waals surface area (Å²) in [7, 11) is 0. The molecule has 0 aliphatic rings. The number of carboxylic acids is 1. The van der Waals surface area contributed by atoms with Crippen molar-refractivity contribution in [3.05, 3.63) is 17.7 Å². The molecule has 0 saturated heterocycles. The van der Waals surface area contributed by atoms with Gasteiger partial charge in [0.25, 0.3) is 0 Å². The van der Waals surface area contributed by atoms with Crippen LogP contribution in [0.25, 0.3) is 5.53 Å². The molecular formula is C5H6N2O3. The van der Waals surface area contributed by atoms with Crippen molar-refractivity contribution in [1.82, 2.24) is 0 Å². The van der Waals surface area contributed by atoms with Crippen molar-refractivity contribution in [3.63, 3.8) is 0 Å². The summed E-state index contributed by atoms with van der Waals surface area (Å²) in [4.78, 5) is 12.5. The van der Waals surface area contributed by atoms with E-state index in [9.17, 15) is 4.79 Å². The van der Waals surface area contributed by atoms with Crippen LogP contribution in [0.15, 0.2) is 12.2 Å². The van der Waals surface area contributed by atoms with Crippen LogP contribution in [0.4, 0.5) is 0 Å². The van der Waals surface area contributed by atoms with E-state index in [-0.39, 0.29) is 5.57 Å². The lowest BCUT2D eigenvalue weighted by atomic mass is 10.2. The summed E-state index contributed by atoms with van der Waals surface area (Å²) in [5, 5.41) is 16.5. The van der Waals surface area contributed by atoms with Crippen LogP contribution in [0.1, 0.15) is 0 Å². The Kier molecular flexibility index (Phi) is 3.04. The Bertz CT molecular complexity index is 215. The molecular weight excluding hydrogens is 136 g/mol. The van der Waals surface area contributed by atoms with E-state index >= 15 is 0 Å². The summed E-state index contributed by atoms with van der Waals surface area (Å²) in [5.74, 6) is -1.42. The first-order valence-corrected chi connectivity index (χ1v) is 2.37. The molecule has 0 radical (unpaired) electrons. The summed E-state index contributed by atoms with van der Waals surface area (Å²) in [6.45, 7) is 2.61. The molecule has 0 fully saturated rings. The minimum absolute atomic E-state index is 0.130. The Balaban J connectivity index is 4.56. The molecule has 0 aromatic carbocycles. The van der Waals surface area contributed by atoms with Gasteiger partial charge in [-0.2, -0.15) is 4.79 Å². The first-order chi connectivity index (χ1) is 4.63. The van der Waals surface area contributed by atoms with E-state index in [4.69, 9.17) is 15.7 Å². The molecule has 0 aromatic heterocycles. The quantitative estimate of drug-likeness (QED) is 0.309. The van der Waals surface area contributed by atoms with Crippen molar-refractivity contribution >= 4 is 11.7 Å². The van der Waals surface area contributed by atoms with Crippen LogP contribution >= 0.6 is 0 Å². The summed E-state index contributed by atoms with van der Waals surface area (Å²) in [5.41, 5.74) is 7.28. The number of aliphatic carboxylic acids is 1. The summed E-state index contributed by atoms with van der Waals surface area (Å²) in [6, 6.07) is 0. The number of hydrogen-bond acceptors (Lipinski definition) is 2. The van der Waals surface area contributed by atoms with Crippen LogP contribution in [0, 0.1) is 0 Å². The third kappa shape index (κ3) is 1.81. The first kappa shape index (κ1) is 8.55. The summed E-state index contributed by atoms with van der Waals surface area (Å²) < 4.78 is 0. The van der Waals surface area contributed by atoms with E-state index < -0.39 is 18.3 Å². The van der Waals surface area contributed by atoms with Crippen LogP contribution in [-0.4, -0.2) is 33.3 Å². The fourth-order valence-electron chi connectivity index (χ4n) is 0.340. The van der Waals surface area contributed by atoms with Crippen LogP contribution in [0.3, 0.4) is 0 Å². The van der Waals surface area contributed by atoms with Gasteiger partial charge in [0.2, 0.25) is 0 Å². The Morgan fingerprint density at radius 1 is 1.70 bits per heavy atom. The highest BCUT2D eigenvalue weighted by Gasteiger charge is 2.21. The molecule has 2 N–H and O–H groups in total. The second-order valence-electron chi connectivity index (χ2n) is 1.52. The van der Waals surface area contributed by atoms with Crippen molar-refractivity contribution in [2.45, 2.75) is 0 Å². The molecule has 0 atom stereocenters. The Morgan fingerprint density at radius 2 is 2.20 bits per heavy atom. The normalized spacial score (nSPS) is 8.10. The molecule has 54 valence electrons. The standard InChI is InChI=1S/C5H6N2O3/c1-3(2-8)4(7-6)5(9)10/h8H,1-2H2,(H,9,10). The highest BCUT2D eigenvalue weighted by Crippen LogP contribution is 1.89. The lowest BCUT2D eigenvalue weighted by Crippen LogP contribution is -2.18. The molecule has 5 heteroatoms. The van der Waals surface area contributed by atoms with Crippen LogP contribution in [0.5, 0.6) is 0 Å². The van der Waals surface area contributed by atoms with Gasteiger partial charge < -0.3 is 15.7 Å². The van der Waals surface area contributed by atoms with Crippen molar-refractivity contribution in [3.8, 4) is 0 Å². The van der Waals surface area contributed by atoms with Gasteiger partial charge in [0.1, 0.15) is 0 Å². The van der Waals surface area contributed by atoms with Gasteiger partial charge in [-0.1, -0.05) is 6.58 Å². The lowest BCUT2D eigenvalue weighted by molar-refractivity contribution is -0.133. The van der Waals surface area contributed by atoms with Gasteiger partial charge in [-0.3, -0.25) is 0 Å². The fraction of sp³-hybridized carbons (Fsp3) is 0.200. The maximum absolute atomic E-state index is 10.1. The topological polar surface area (TPSA) is 93.9 Å². The SMILES string of the molecule is C=C(CO)C(=[N+]=[N-])C(=O)O. The molecule has 0 rings (SSSR count). The molecule has 0 unspecified atom stereocenters. The van der Waals surface area contributed by atoms with Crippen molar-refractivity contribution in [1.29, 1.82) is 0 Å². The van der Waals surface area contributed by atoms with E-state index in [1.54, 1.807) is 0 Å². The molecule has 10 heavy (non-hydrogen) atoms. The minimum atomic E-state index is -1.42. The third-order valence-electron chi connectivity index (χ3n) is 0.828. The molecule has 5 nitrogen and oxygen atoms in total. The van der Waals surface area contributed by atoms with Gasteiger partial charge in [-0.15, -0.1) is 0 Å². The van der Waals surface area contributed by atoms with E-state index in [1.165, 1.54) is 0 Å². The number of hydrogen-bond donors (Lipinski definition) is 2. The zero-order valence-electron chi connectivity index (χ0n) is 5.11. The number of carboxylic acid groups (broad SMARTS) is 1. The fourth-order valence-corrected chi connectivity index (χ4v) is 0.340. The number of carbonyl (C=O) groups is 1. The van der Waals surface area contributed by atoms with E-state index in [0.29, 0.717) is 0 Å². The van der Waals surface area contributed by atoms with E-state index in [1.807, 2.05) is 0 Å². The monoisotopic (exact) mass is 142 g/mol. The number of aliphatic hydroxyl groups is 1. The summed E-state index contributed by atoms with van der Waals surface area (Å²) in [6.07, 6.45) is 0. The van der Waals surface area contributed by atoms with Gasteiger partial charge in [-0.25, -0.2) is 4.79 Å². The minimum Gasteiger partial charge on any atom is -0.472 e. The number of aliphatic hydroxyl groups excluding tert-OH is 1. The smallest absolute Gasteiger partial charge is 0.419 e. The lowest BCUT2D eigenvalue weighted by Gasteiger charge is -1.87. The molecule has 0 heterocycles. The van der Waals surface area contributed by atoms with Crippen LogP contribution in [-0.2, 0) is 4.79 Å². The Hall–Kier alpha value is -1.45. The van der Waals surface area contributed by atoms with Crippen LogP contribution in [0.2, 0.25) is 0 Å².